The minimum atomic E-state index is -0.0402. The van der Waals surface area contributed by atoms with Gasteiger partial charge in [-0.25, -0.2) is 0 Å². The van der Waals surface area contributed by atoms with Gasteiger partial charge in [-0.1, -0.05) is 26.7 Å². The summed E-state index contributed by atoms with van der Waals surface area (Å²) in [7, 11) is 0. The minimum absolute atomic E-state index is 0.0402. The number of thiophene rings is 1. The van der Waals surface area contributed by atoms with Crippen LogP contribution in [-0.2, 0) is 4.79 Å². The van der Waals surface area contributed by atoms with Gasteiger partial charge in [-0.2, -0.15) is 11.3 Å². The normalized spacial score (nSPS) is 28.4. The highest BCUT2D eigenvalue weighted by Gasteiger charge is 2.44. The quantitative estimate of drug-likeness (QED) is 0.902. The molecule has 0 radical (unpaired) electrons. The zero-order valence-corrected chi connectivity index (χ0v) is 13.3. The molecule has 1 amide bonds. The Labute approximate surface area is 125 Å². The highest BCUT2D eigenvalue weighted by Crippen LogP contribution is 2.38. The van der Waals surface area contributed by atoms with Gasteiger partial charge in [0.25, 0.3) is 0 Å². The fraction of sp³-hybridized carbons (Fsp3) is 0.688. The highest BCUT2D eigenvalue weighted by molar-refractivity contribution is 7.07. The lowest BCUT2D eigenvalue weighted by molar-refractivity contribution is -0.133. The third-order valence-electron chi connectivity index (χ3n) is 4.51. The topological polar surface area (TPSA) is 32.3 Å². The molecule has 3 unspecified atom stereocenters. The van der Waals surface area contributed by atoms with E-state index < -0.39 is 0 Å². The first-order valence-corrected chi connectivity index (χ1v) is 8.62. The first kappa shape index (κ1) is 14.1. The first-order valence-electron chi connectivity index (χ1n) is 7.68. The van der Waals surface area contributed by atoms with Crippen molar-refractivity contribution in [3.63, 3.8) is 0 Å². The minimum Gasteiger partial charge on any atom is -0.319 e. The van der Waals surface area contributed by atoms with Crippen LogP contribution in [0.4, 0.5) is 0 Å². The lowest BCUT2D eigenvalue weighted by Gasteiger charge is -2.30. The Morgan fingerprint density at radius 2 is 2.15 bits per heavy atom. The zero-order chi connectivity index (χ0) is 14.3. The summed E-state index contributed by atoms with van der Waals surface area (Å²) >= 11 is 1.70. The van der Waals surface area contributed by atoms with E-state index in [2.05, 4.69) is 47.8 Å². The summed E-state index contributed by atoms with van der Waals surface area (Å²) in [5.74, 6) is 1.46. The average Bonchev–Trinajstić information content (AvgIpc) is 2.92. The number of hydrogen-bond acceptors (Lipinski definition) is 3. The molecular formula is C16H24N2OS. The van der Waals surface area contributed by atoms with Crippen LogP contribution in [0.5, 0.6) is 0 Å². The van der Waals surface area contributed by atoms with E-state index >= 15 is 0 Å². The first-order chi connectivity index (χ1) is 9.58. The van der Waals surface area contributed by atoms with Gasteiger partial charge in [-0.3, -0.25) is 10.1 Å². The lowest BCUT2D eigenvalue weighted by atomic mass is 10.0. The standard InChI is InChI=1S/C16H24N2OS/c1-10(2)14-16(19)18(11(3)8-12-4-5-12)15(17-14)13-6-7-20-9-13/h6-7,9-12,14-15,17H,4-5,8H2,1-3H3. The summed E-state index contributed by atoms with van der Waals surface area (Å²) in [6.07, 6.45) is 3.90. The second-order valence-electron chi connectivity index (χ2n) is 6.62. The van der Waals surface area contributed by atoms with Gasteiger partial charge < -0.3 is 4.90 Å². The monoisotopic (exact) mass is 292 g/mol. The number of amides is 1. The van der Waals surface area contributed by atoms with Crippen LogP contribution in [0.3, 0.4) is 0 Å². The summed E-state index contributed by atoms with van der Waals surface area (Å²) in [6, 6.07) is 2.42. The van der Waals surface area contributed by atoms with Crippen molar-refractivity contribution in [3.8, 4) is 0 Å². The Bertz CT molecular complexity index is 467. The Kier molecular flexibility index (Phi) is 3.87. The fourth-order valence-electron chi connectivity index (χ4n) is 3.20. The molecule has 3 nitrogen and oxygen atoms in total. The molecule has 2 heterocycles. The molecule has 1 aromatic rings. The predicted octanol–water partition coefficient (Wildman–Crippen LogP) is 3.39. The second kappa shape index (κ2) is 5.49. The van der Waals surface area contributed by atoms with E-state index in [1.807, 2.05) is 0 Å². The third kappa shape index (κ3) is 2.63. The molecule has 20 heavy (non-hydrogen) atoms. The molecule has 3 atom stereocenters. The summed E-state index contributed by atoms with van der Waals surface area (Å²) in [4.78, 5) is 14.9. The number of nitrogens with one attached hydrogen (secondary N) is 1. The molecule has 2 fully saturated rings. The van der Waals surface area contributed by atoms with Crippen LogP contribution in [-0.4, -0.2) is 22.9 Å². The van der Waals surface area contributed by atoms with Crippen molar-refractivity contribution in [1.82, 2.24) is 10.2 Å². The maximum absolute atomic E-state index is 12.8. The number of nitrogens with zero attached hydrogens (tertiary/aromatic N) is 1. The summed E-state index contributed by atoms with van der Waals surface area (Å²) in [5, 5.41) is 7.80. The van der Waals surface area contributed by atoms with Gasteiger partial charge in [0.15, 0.2) is 0 Å². The van der Waals surface area contributed by atoms with Crippen LogP contribution in [0, 0.1) is 11.8 Å². The van der Waals surface area contributed by atoms with E-state index in [1.54, 1.807) is 11.3 Å². The van der Waals surface area contributed by atoms with Crippen LogP contribution < -0.4 is 5.32 Å². The summed E-state index contributed by atoms with van der Waals surface area (Å²) in [5.41, 5.74) is 1.23. The van der Waals surface area contributed by atoms with E-state index in [0.717, 1.165) is 12.3 Å². The van der Waals surface area contributed by atoms with Gasteiger partial charge >= 0.3 is 0 Å². The van der Waals surface area contributed by atoms with Crippen molar-refractivity contribution in [2.24, 2.45) is 11.8 Å². The molecule has 4 heteroatoms. The molecule has 110 valence electrons. The Morgan fingerprint density at radius 1 is 1.40 bits per heavy atom. The van der Waals surface area contributed by atoms with Gasteiger partial charge in [0.1, 0.15) is 6.17 Å². The fourth-order valence-corrected chi connectivity index (χ4v) is 3.87. The molecule has 1 N–H and O–H groups in total. The molecular weight excluding hydrogens is 268 g/mol. The number of carbonyl (C=O) groups excluding carboxylic acids is 1. The van der Waals surface area contributed by atoms with E-state index in [9.17, 15) is 4.79 Å². The van der Waals surface area contributed by atoms with Crippen molar-refractivity contribution in [1.29, 1.82) is 0 Å². The van der Waals surface area contributed by atoms with E-state index in [4.69, 9.17) is 0 Å². The van der Waals surface area contributed by atoms with Crippen LogP contribution in [0.15, 0.2) is 16.8 Å². The van der Waals surface area contributed by atoms with Crippen molar-refractivity contribution in [3.05, 3.63) is 22.4 Å². The predicted molar refractivity (Wildman–Crippen MR) is 82.5 cm³/mol. The van der Waals surface area contributed by atoms with Crippen molar-refractivity contribution in [2.75, 3.05) is 0 Å². The van der Waals surface area contributed by atoms with E-state index in [1.165, 1.54) is 18.4 Å². The molecule has 1 aliphatic carbocycles. The van der Waals surface area contributed by atoms with E-state index in [0.29, 0.717) is 12.0 Å². The SMILES string of the molecule is CC(C)C1NC(c2ccsc2)N(C(C)CC2CC2)C1=O. The Morgan fingerprint density at radius 3 is 2.70 bits per heavy atom. The average molecular weight is 292 g/mol. The maximum Gasteiger partial charge on any atom is 0.241 e. The molecule has 1 aliphatic heterocycles. The number of hydrogen-bond donors (Lipinski definition) is 1. The van der Waals surface area contributed by atoms with Crippen LogP contribution in [0.1, 0.15) is 51.8 Å². The van der Waals surface area contributed by atoms with Gasteiger partial charge in [-0.05, 0) is 47.6 Å². The van der Waals surface area contributed by atoms with Crippen molar-refractivity contribution < 1.29 is 4.79 Å². The molecule has 1 aromatic heterocycles. The zero-order valence-electron chi connectivity index (χ0n) is 12.5. The molecule has 3 rings (SSSR count). The van der Waals surface area contributed by atoms with Gasteiger partial charge in [-0.15, -0.1) is 0 Å². The van der Waals surface area contributed by atoms with E-state index in [-0.39, 0.29) is 18.1 Å². The number of rotatable bonds is 5. The third-order valence-corrected chi connectivity index (χ3v) is 5.21. The van der Waals surface area contributed by atoms with Gasteiger partial charge in [0.05, 0.1) is 6.04 Å². The van der Waals surface area contributed by atoms with Gasteiger partial charge in [0.2, 0.25) is 5.91 Å². The lowest BCUT2D eigenvalue weighted by Crippen LogP contribution is -2.39. The van der Waals surface area contributed by atoms with Crippen molar-refractivity contribution >= 4 is 17.2 Å². The Balaban J connectivity index is 1.83. The van der Waals surface area contributed by atoms with Crippen LogP contribution in [0.25, 0.3) is 0 Å². The molecule has 0 aromatic carbocycles. The number of carbonyl (C=O) groups is 1. The summed E-state index contributed by atoms with van der Waals surface area (Å²) in [6.45, 7) is 6.45. The second-order valence-corrected chi connectivity index (χ2v) is 7.40. The smallest absolute Gasteiger partial charge is 0.241 e. The molecule has 2 aliphatic rings. The van der Waals surface area contributed by atoms with Crippen LogP contribution in [0.2, 0.25) is 0 Å². The Hall–Kier alpha value is -0.870. The molecule has 1 saturated carbocycles. The molecule has 1 saturated heterocycles. The largest absolute Gasteiger partial charge is 0.319 e. The highest BCUT2D eigenvalue weighted by atomic mass is 32.1. The van der Waals surface area contributed by atoms with Crippen molar-refractivity contribution in [2.45, 2.75) is 58.3 Å². The maximum atomic E-state index is 12.8. The molecule has 0 spiro atoms. The summed E-state index contributed by atoms with van der Waals surface area (Å²) < 4.78 is 0. The van der Waals surface area contributed by atoms with Crippen LogP contribution >= 0.6 is 11.3 Å². The van der Waals surface area contributed by atoms with Gasteiger partial charge in [0, 0.05) is 6.04 Å². The molecule has 0 bridgehead atoms.